The summed E-state index contributed by atoms with van der Waals surface area (Å²) >= 11 is 4.17. The second-order valence-electron chi connectivity index (χ2n) is 4.37. The zero-order valence-electron chi connectivity index (χ0n) is 10.1. The smallest absolute Gasteiger partial charge is 0.331 e. The topological polar surface area (TPSA) is 47.2 Å². The predicted molar refractivity (Wildman–Crippen MR) is 68.2 cm³/mol. The molecule has 0 fully saturated rings. The molecule has 16 heavy (non-hydrogen) atoms. The zero-order valence-corrected chi connectivity index (χ0v) is 11.0. The maximum atomic E-state index is 12.0. The average molecular weight is 244 g/mol. The number of aromatic nitrogens is 2. The Bertz CT molecular complexity index is 407. The summed E-state index contributed by atoms with van der Waals surface area (Å²) in [5.41, 5.74) is 0.493. The van der Waals surface area contributed by atoms with Gasteiger partial charge in [0, 0.05) is 18.8 Å². The van der Waals surface area contributed by atoms with E-state index in [1.807, 2.05) is 20.8 Å². The second-order valence-corrected chi connectivity index (χ2v) is 4.68. The van der Waals surface area contributed by atoms with Crippen LogP contribution in [-0.4, -0.2) is 14.2 Å². The van der Waals surface area contributed by atoms with Gasteiger partial charge in [-0.2, -0.15) is 12.6 Å². The Balaban J connectivity index is 3.25. The molecule has 5 heteroatoms. The van der Waals surface area contributed by atoms with E-state index in [2.05, 4.69) is 12.6 Å². The Labute approximate surface area is 101 Å². The lowest BCUT2D eigenvalue weighted by Crippen LogP contribution is -2.26. The molecule has 0 spiro atoms. The molecule has 4 nitrogen and oxygen atoms in total. The molecular formula is C11H20N2O2S. The van der Waals surface area contributed by atoms with Gasteiger partial charge in [0.15, 0.2) is 0 Å². The van der Waals surface area contributed by atoms with Crippen molar-refractivity contribution in [3.05, 3.63) is 16.2 Å². The van der Waals surface area contributed by atoms with E-state index in [1.165, 1.54) is 4.57 Å². The largest absolute Gasteiger partial charge is 0.493 e. The van der Waals surface area contributed by atoms with Crippen molar-refractivity contribution in [3.63, 3.8) is 0 Å². The van der Waals surface area contributed by atoms with E-state index in [0.29, 0.717) is 30.5 Å². The van der Waals surface area contributed by atoms with E-state index in [9.17, 15) is 9.90 Å². The molecule has 1 heterocycles. The third-order valence-corrected chi connectivity index (χ3v) is 2.75. The van der Waals surface area contributed by atoms with Crippen LogP contribution in [0.3, 0.4) is 0 Å². The molecule has 0 atom stereocenters. The van der Waals surface area contributed by atoms with Gasteiger partial charge in [-0.3, -0.25) is 9.13 Å². The standard InChI is InChI=1S/C11H20N2O2S/c1-4-5-12-10(14)9(7-16)13(11(12)15)6-8(2)3/h8,14,16H,4-7H2,1-3H3. The summed E-state index contributed by atoms with van der Waals surface area (Å²) < 4.78 is 3.05. The van der Waals surface area contributed by atoms with Gasteiger partial charge in [-0.25, -0.2) is 4.79 Å². The molecule has 1 N–H and O–H groups in total. The van der Waals surface area contributed by atoms with Crippen molar-refractivity contribution in [1.29, 1.82) is 0 Å². The fraction of sp³-hybridized carbons (Fsp3) is 0.727. The van der Waals surface area contributed by atoms with Crippen molar-refractivity contribution >= 4 is 12.6 Å². The first-order chi connectivity index (χ1) is 7.52. The highest BCUT2D eigenvalue weighted by molar-refractivity contribution is 7.79. The van der Waals surface area contributed by atoms with Crippen LogP contribution in [-0.2, 0) is 18.8 Å². The molecule has 0 aromatic carbocycles. The van der Waals surface area contributed by atoms with Crippen molar-refractivity contribution in [3.8, 4) is 5.88 Å². The SMILES string of the molecule is CCCn1c(O)c(CS)n(CC(C)C)c1=O. The Kier molecular flexibility index (Phi) is 4.53. The van der Waals surface area contributed by atoms with Crippen LogP contribution in [0.5, 0.6) is 5.88 Å². The van der Waals surface area contributed by atoms with Gasteiger partial charge in [-0.1, -0.05) is 20.8 Å². The van der Waals surface area contributed by atoms with E-state index in [-0.39, 0.29) is 11.6 Å². The lowest BCUT2D eigenvalue weighted by Gasteiger charge is -2.07. The summed E-state index contributed by atoms with van der Waals surface area (Å²) in [6, 6.07) is 0. The van der Waals surface area contributed by atoms with Crippen molar-refractivity contribution in [2.45, 2.75) is 46.0 Å². The third-order valence-electron chi connectivity index (χ3n) is 2.45. The second kappa shape index (κ2) is 5.48. The van der Waals surface area contributed by atoms with Gasteiger partial charge in [0.25, 0.3) is 0 Å². The molecule has 92 valence electrons. The molecule has 0 saturated heterocycles. The molecule has 0 bridgehead atoms. The minimum absolute atomic E-state index is 0.0718. The molecule has 0 unspecified atom stereocenters. The number of aromatic hydroxyl groups is 1. The third kappa shape index (κ3) is 2.45. The Morgan fingerprint density at radius 2 is 2.00 bits per heavy atom. The summed E-state index contributed by atoms with van der Waals surface area (Å²) in [6.45, 7) is 7.24. The molecule has 0 radical (unpaired) electrons. The highest BCUT2D eigenvalue weighted by atomic mass is 32.1. The summed E-state index contributed by atoms with van der Waals surface area (Å²) in [6.07, 6.45) is 0.825. The number of rotatable bonds is 5. The van der Waals surface area contributed by atoms with Crippen LogP contribution in [0.1, 0.15) is 32.9 Å². The Morgan fingerprint density at radius 3 is 2.44 bits per heavy atom. The van der Waals surface area contributed by atoms with Gasteiger partial charge >= 0.3 is 5.69 Å². The molecule has 1 aromatic heterocycles. The highest BCUT2D eigenvalue weighted by Gasteiger charge is 2.17. The lowest BCUT2D eigenvalue weighted by atomic mass is 10.2. The van der Waals surface area contributed by atoms with Gasteiger partial charge in [-0.05, 0) is 12.3 Å². The minimum atomic E-state index is -0.128. The van der Waals surface area contributed by atoms with Crippen LogP contribution in [0.15, 0.2) is 4.79 Å². The van der Waals surface area contributed by atoms with E-state index in [1.54, 1.807) is 4.57 Å². The van der Waals surface area contributed by atoms with E-state index in [0.717, 1.165) is 6.42 Å². The normalized spacial score (nSPS) is 11.3. The fourth-order valence-corrected chi connectivity index (χ4v) is 2.08. The number of hydrogen-bond donors (Lipinski definition) is 2. The number of nitrogens with zero attached hydrogens (tertiary/aromatic N) is 2. The molecule has 0 saturated carbocycles. The van der Waals surface area contributed by atoms with Crippen LogP contribution in [0, 0.1) is 5.92 Å². The van der Waals surface area contributed by atoms with Crippen molar-refractivity contribution in [2.24, 2.45) is 5.92 Å². The molecule has 0 amide bonds. The van der Waals surface area contributed by atoms with Gasteiger partial charge < -0.3 is 5.11 Å². The van der Waals surface area contributed by atoms with E-state index >= 15 is 0 Å². The zero-order chi connectivity index (χ0) is 12.3. The summed E-state index contributed by atoms with van der Waals surface area (Å²) in [5, 5.41) is 9.93. The molecular weight excluding hydrogens is 224 g/mol. The van der Waals surface area contributed by atoms with Gasteiger partial charge in [0.1, 0.15) is 0 Å². The summed E-state index contributed by atoms with van der Waals surface area (Å²) in [4.78, 5) is 12.0. The van der Waals surface area contributed by atoms with Gasteiger partial charge in [0.2, 0.25) is 5.88 Å². The molecule has 0 aliphatic rings. The molecule has 0 aliphatic carbocycles. The van der Waals surface area contributed by atoms with Gasteiger partial charge in [0.05, 0.1) is 5.69 Å². The fourth-order valence-electron chi connectivity index (χ4n) is 1.76. The highest BCUT2D eigenvalue weighted by Crippen LogP contribution is 2.19. The van der Waals surface area contributed by atoms with Crippen molar-refractivity contribution in [1.82, 2.24) is 9.13 Å². The number of thiol groups is 1. The number of imidazole rings is 1. The average Bonchev–Trinajstić information content (AvgIpc) is 2.43. The van der Waals surface area contributed by atoms with Gasteiger partial charge in [-0.15, -0.1) is 0 Å². The van der Waals surface area contributed by atoms with Crippen molar-refractivity contribution < 1.29 is 5.11 Å². The van der Waals surface area contributed by atoms with Crippen LogP contribution in [0.4, 0.5) is 0 Å². The summed E-state index contributed by atoms with van der Waals surface area (Å²) in [7, 11) is 0. The van der Waals surface area contributed by atoms with Crippen LogP contribution < -0.4 is 5.69 Å². The molecule has 1 aromatic rings. The predicted octanol–water partition coefficient (Wildman–Crippen LogP) is 1.85. The lowest BCUT2D eigenvalue weighted by molar-refractivity contribution is 0.408. The van der Waals surface area contributed by atoms with E-state index in [4.69, 9.17) is 0 Å². The Hall–Kier alpha value is -0.840. The maximum Gasteiger partial charge on any atom is 0.331 e. The number of hydrogen-bond acceptors (Lipinski definition) is 3. The monoisotopic (exact) mass is 244 g/mol. The molecule has 0 aliphatic heterocycles. The first kappa shape index (κ1) is 13.2. The maximum absolute atomic E-state index is 12.0. The van der Waals surface area contributed by atoms with E-state index < -0.39 is 0 Å². The van der Waals surface area contributed by atoms with Crippen LogP contribution in [0.2, 0.25) is 0 Å². The summed E-state index contributed by atoms with van der Waals surface area (Å²) in [5.74, 6) is 0.820. The first-order valence-corrected chi connectivity index (χ1v) is 6.28. The first-order valence-electron chi connectivity index (χ1n) is 5.64. The van der Waals surface area contributed by atoms with Crippen molar-refractivity contribution in [2.75, 3.05) is 0 Å². The van der Waals surface area contributed by atoms with Crippen LogP contribution >= 0.6 is 12.6 Å². The van der Waals surface area contributed by atoms with Crippen LogP contribution in [0.25, 0.3) is 0 Å². The molecule has 1 rings (SSSR count). The quantitative estimate of drug-likeness (QED) is 0.777. The minimum Gasteiger partial charge on any atom is -0.493 e. The Morgan fingerprint density at radius 1 is 1.38 bits per heavy atom.